The molecule has 38 heavy (non-hydrogen) atoms. The normalized spacial score (nSPS) is 16.1. The van der Waals surface area contributed by atoms with Gasteiger partial charge in [0.1, 0.15) is 5.75 Å². The monoisotopic (exact) mass is 560 g/mol. The highest BCUT2D eigenvalue weighted by Crippen LogP contribution is 2.30. The third kappa shape index (κ3) is 8.36. The summed E-state index contributed by atoms with van der Waals surface area (Å²) in [6.07, 6.45) is 4.06. The van der Waals surface area contributed by atoms with Crippen LogP contribution in [0.15, 0.2) is 36.4 Å². The van der Waals surface area contributed by atoms with Gasteiger partial charge >= 0.3 is 0 Å². The fourth-order valence-corrected chi connectivity index (χ4v) is 5.29. The lowest BCUT2D eigenvalue weighted by Crippen LogP contribution is -2.47. The van der Waals surface area contributed by atoms with Gasteiger partial charge in [-0.3, -0.25) is 14.4 Å². The van der Waals surface area contributed by atoms with Gasteiger partial charge in [-0.25, -0.2) is 0 Å². The van der Waals surface area contributed by atoms with Crippen LogP contribution in [0.1, 0.15) is 66.7 Å². The number of aromatic nitrogens is 1. The first-order valence-electron chi connectivity index (χ1n) is 13.3. The molecule has 0 fully saturated rings. The summed E-state index contributed by atoms with van der Waals surface area (Å²) in [6.45, 7) is 4.68. The Morgan fingerprint density at radius 1 is 1.00 bits per heavy atom. The topological polar surface area (TPSA) is 115 Å². The summed E-state index contributed by atoms with van der Waals surface area (Å²) in [5.74, 6) is 1.71. The molecule has 0 spiro atoms. The van der Waals surface area contributed by atoms with E-state index in [4.69, 9.17) is 10.5 Å². The van der Waals surface area contributed by atoms with Gasteiger partial charge in [0.15, 0.2) is 5.78 Å². The van der Waals surface area contributed by atoms with Gasteiger partial charge in [-0.15, -0.1) is 0 Å². The molecule has 10 heteroatoms. The van der Waals surface area contributed by atoms with Crippen LogP contribution in [-0.2, 0) is 16.1 Å². The Labute approximate surface area is 236 Å². The quantitative estimate of drug-likeness (QED) is 0.109. The number of thiol groups is 2. The maximum absolute atomic E-state index is 13.0. The number of hydrogen-bond donors (Lipinski definition) is 5. The molecule has 8 nitrogen and oxygen atoms in total. The van der Waals surface area contributed by atoms with E-state index in [-0.39, 0.29) is 17.6 Å². The Hall–Kier alpha value is -2.27. The summed E-state index contributed by atoms with van der Waals surface area (Å²) >= 11 is 8.39. The molecule has 3 atom stereocenters. The van der Waals surface area contributed by atoms with Crippen LogP contribution in [0.2, 0.25) is 0 Å². The molecule has 2 aromatic rings. The summed E-state index contributed by atoms with van der Waals surface area (Å²) in [4.78, 5) is 36.7. The average Bonchev–Trinajstić information content (AvgIpc) is 3.50. The molecular weight excluding hydrogens is 520 g/mol. The number of nitrogens with zero attached hydrogens (tertiary/aromatic N) is 1. The zero-order valence-electron chi connectivity index (χ0n) is 22.0. The first kappa shape index (κ1) is 30.3. The predicted molar refractivity (Wildman–Crippen MR) is 157 cm³/mol. The molecule has 1 aliphatic heterocycles. The number of ketones is 2. The molecule has 0 aliphatic carbocycles. The minimum atomic E-state index is -0.484. The van der Waals surface area contributed by atoms with E-state index < -0.39 is 11.9 Å². The third-order valence-corrected chi connectivity index (χ3v) is 7.72. The van der Waals surface area contributed by atoms with Crippen LogP contribution in [0.25, 0.3) is 0 Å². The second-order valence-electron chi connectivity index (χ2n) is 9.74. The molecule has 208 valence electrons. The molecule has 0 bridgehead atoms. The molecule has 1 aromatic heterocycles. The first-order chi connectivity index (χ1) is 18.3. The fourth-order valence-electron chi connectivity index (χ4n) is 4.65. The highest BCUT2D eigenvalue weighted by Gasteiger charge is 2.24. The Morgan fingerprint density at radius 2 is 1.68 bits per heavy atom. The lowest BCUT2D eigenvalue weighted by atomic mass is 10.1. The largest absolute Gasteiger partial charge is 0.494 e. The van der Waals surface area contributed by atoms with Crippen molar-refractivity contribution < 1.29 is 19.1 Å². The number of amides is 1. The molecule has 4 N–H and O–H groups in total. The number of nitrogens with one attached hydrogen (secondary N) is 2. The molecule has 0 saturated carbocycles. The van der Waals surface area contributed by atoms with Gasteiger partial charge < -0.3 is 25.7 Å². The number of benzene rings is 1. The van der Waals surface area contributed by atoms with Gasteiger partial charge in [0.25, 0.3) is 0 Å². The van der Waals surface area contributed by atoms with E-state index in [1.807, 2.05) is 30.3 Å². The van der Waals surface area contributed by atoms with Crippen molar-refractivity contribution in [2.45, 2.75) is 63.6 Å². The van der Waals surface area contributed by atoms with Crippen molar-refractivity contribution in [2.75, 3.05) is 31.2 Å². The zero-order valence-corrected chi connectivity index (χ0v) is 23.8. The van der Waals surface area contributed by atoms with Gasteiger partial charge in [-0.1, -0.05) is 6.92 Å². The Balaban J connectivity index is 1.31. The van der Waals surface area contributed by atoms with Gasteiger partial charge in [0.2, 0.25) is 11.7 Å². The highest BCUT2D eigenvalue weighted by molar-refractivity contribution is 7.80. The lowest BCUT2D eigenvalue weighted by molar-refractivity contribution is -0.121. The van der Waals surface area contributed by atoms with E-state index in [1.54, 1.807) is 0 Å². The van der Waals surface area contributed by atoms with Crippen LogP contribution in [0, 0.1) is 0 Å². The number of primary amides is 1. The number of ether oxygens (including phenoxy) is 1. The summed E-state index contributed by atoms with van der Waals surface area (Å²) in [7, 11) is 0. The molecule has 0 saturated heterocycles. The van der Waals surface area contributed by atoms with Crippen molar-refractivity contribution in [3.05, 3.63) is 53.3 Å². The summed E-state index contributed by atoms with van der Waals surface area (Å²) in [5.41, 5.74) is 7.93. The molecule has 2 heterocycles. The molecule has 0 radical (unpaired) electrons. The second-order valence-corrected chi connectivity index (χ2v) is 10.5. The van der Waals surface area contributed by atoms with E-state index >= 15 is 0 Å². The van der Waals surface area contributed by atoms with Crippen LogP contribution in [0.4, 0.5) is 0 Å². The Kier molecular flexibility index (Phi) is 12.2. The second kappa shape index (κ2) is 15.4. The van der Waals surface area contributed by atoms with Gasteiger partial charge in [-0.2, -0.15) is 25.3 Å². The number of fused-ring (bicyclic) bond motifs is 1. The number of carbonyl (C=O) groups is 3. The molecule has 3 rings (SSSR count). The zero-order chi connectivity index (χ0) is 27.5. The lowest BCUT2D eigenvalue weighted by Gasteiger charge is -2.17. The summed E-state index contributed by atoms with van der Waals surface area (Å²) < 4.78 is 7.97. The molecule has 1 aliphatic rings. The number of hydrogen-bond acceptors (Lipinski definition) is 8. The van der Waals surface area contributed by atoms with Crippen molar-refractivity contribution >= 4 is 42.7 Å². The van der Waals surface area contributed by atoms with E-state index in [0.717, 1.165) is 43.7 Å². The van der Waals surface area contributed by atoms with Gasteiger partial charge in [-0.05, 0) is 68.0 Å². The summed E-state index contributed by atoms with van der Waals surface area (Å²) in [5, 5.41) is 6.19. The number of unbranched alkanes of at least 4 members (excludes halogenated alkanes) is 2. The van der Waals surface area contributed by atoms with E-state index in [0.29, 0.717) is 49.1 Å². The van der Waals surface area contributed by atoms with Crippen molar-refractivity contribution in [3.8, 4) is 5.75 Å². The number of carbonyl (C=O) groups excluding carboxylic acids is 3. The SMILES string of the molecule is C[C@H]1CCn2c(C(=O)c3ccc(OCCCCCC(=O)[C@H](CS)NCCN[C@@H](CS)C(N)=O)cc3)ccc21. The van der Waals surface area contributed by atoms with Crippen molar-refractivity contribution in [3.63, 3.8) is 0 Å². The number of nitrogens with two attached hydrogens (primary N) is 1. The van der Waals surface area contributed by atoms with E-state index in [1.165, 1.54) is 5.69 Å². The minimum absolute atomic E-state index is 0.0411. The average molecular weight is 561 g/mol. The van der Waals surface area contributed by atoms with Crippen molar-refractivity contribution in [1.29, 1.82) is 0 Å². The maximum Gasteiger partial charge on any atom is 0.235 e. The van der Waals surface area contributed by atoms with Gasteiger partial charge in [0.05, 0.1) is 24.4 Å². The van der Waals surface area contributed by atoms with Crippen molar-refractivity contribution in [2.24, 2.45) is 5.73 Å². The first-order valence-corrected chi connectivity index (χ1v) is 14.6. The van der Waals surface area contributed by atoms with Crippen LogP contribution < -0.4 is 21.1 Å². The van der Waals surface area contributed by atoms with Crippen LogP contribution in [0.3, 0.4) is 0 Å². The summed E-state index contributed by atoms with van der Waals surface area (Å²) in [6, 6.07) is 10.5. The van der Waals surface area contributed by atoms with Crippen molar-refractivity contribution in [1.82, 2.24) is 15.2 Å². The van der Waals surface area contributed by atoms with Gasteiger partial charge in [0, 0.05) is 48.8 Å². The molecule has 1 aromatic carbocycles. The van der Waals surface area contributed by atoms with Crippen LogP contribution in [-0.4, -0.2) is 65.3 Å². The smallest absolute Gasteiger partial charge is 0.235 e. The molecular formula is C28H40N4O4S2. The Bertz CT molecular complexity index is 1070. The molecule has 1 amide bonds. The third-order valence-electron chi connectivity index (χ3n) is 6.99. The van der Waals surface area contributed by atoms with Crippen LogP contribution in [0.5, 0.6) is 5.75 Å². The van der Waals surface area contributed by atoms with E-state index in [9.17, 15) is 14.4 Å². The van der Waals surface area contributed by atoms with E-state index in [2.05, 4.69) is 53.4 Å². The number of rotatable bonds is 18. The van der Waals surface area contributed by atoms with Crippen LogP contribution >= 0.6 is 25.3 Å². The highest BCUT2D eigenvalue weighted by atomic mass is 32.1. The predicted octanol–water partition coefficient (Wildman–Crippen LogP) is 3.00. The maximum atomic E-state index is 13.0. The molecule has 0 unspecified atom stereocenters. The number of Topliss-reactive ketones (excluding diaryl/α,β-unsaturated/α-hetero) is 1. The fraction of sp³-hybridized carbons (Fsp3) is 0.536. The standard InChI is InChI=1S/C28H40N4O4S2/c1-19-12-15-32-24(19)10-11-25(32)27(34)20-6-8-21(9-7-20)36-16-4-2-3-5-26(33)22(17-37)30-13-14-31-23(18-38)28(29)35/h6-11,19,22-23,30-31,37-38H,2-5,12-18H2,1H3,(H2,29,35)/t19-,22-,23-/m0/s1. The minimum Gasteiger partial charge on any atom is -0.494 e. The Morgan fingerprint density at radius 3 is 2.34 bits per heavy atom.